The Morgan fingerprint density at radius 3 is 2.68 bits per heavy atom. The molecule has 0 radical (unpaired) electrons. The fourth-order valence-corrected chi connectivity index (χ4v) is 1.20. The number of hydrogen-bond donors (Lipinski definition) is 2. The maximum absolute atomic E-state index is 11.5. The van der Waals surface area contributed by atoms with Crippen LogP contribution in [0.25, 0.3) is 0 Å². The lowest BCUT2D eigenvalue weighted by Gasteiger charge is -2.09. The maximum Gasteiger partial charge on any atom is 0.332 e. The van der Waals surface area contributed by atoms with Crippen LogP contribution < -0.4 is 5.32 Å². The molecule has 8 heteroatoms. The summed E-state index contributed by atoms with van der Waals surface area (Å²) in [6.07, 6.45) is -1.13. The number of ether oxygens (including phenoxy) is 1. The van der Waals surface area contributed by atoms with Crippen molar-refractivity contribution in [3.05, 3.63) is 34.4 Å². The van der Waals surface area contributed by atoms with Crippen LogP contribution in [0.2, 0.25) is 0 Å². The number of nitrogens with one attached hydrogen (secondary N) is 1. The van der Waals surface area contributed by atoms with Crippen molar-refractivity contribution in [2.45, 2.75) is 13.0 Å². The van der Waals surface area contributed by atoms with Crippen LogP contribution in [-0.2, 0) is 14.3 Å². The first-order valence-corrected chi connectivity index (χ1v) is 5.29. The average molecular weight is 268 g/mol. The largest absolute Gasteiger partial charge is 0.479 e. The van der Waals surface area contributed by atoms with Gasteiger partial charge in [0.05, 0.1) is 4.92 Å². The topological polar surface area (TPSA) is 119 Å². The van der Waals surface area contributed by atoms with Gasteiger partial charge in [-0.2, -0.15) is 0 Å². The van der Waals surface area contributed by atoms with Gasteiger partial charge < -0.3 is 15.2 Å². The second kappa shape index (κ2) is 6.45. The van der Waals surface area contributed by atoms with Crippen LogP contribution in [0, 0.1) is 10.1 Å². The molecule has 0 aliphatic heterocycles. The van der Waals surface area contributed by atoms with Gasteiger partial charge in [-0.15, -0.1) is 0 Å². The summed E-state index contributed by atoms with van der Waals surface area (Å²) in [5.41, 5.74) is -0.216. The van der Waals surface area contributed by atoms with E-state index >= 15 is 0 Å². The zero-order valence-corrected chi connectivity index (χ0v) is 10.0. The number of para-hydroxylation sites is 2. The highest BCUT2D eigenvalue weighted by Crippen LogP contribution is 2.22. The molecule has 0 saturated carbocycles. The quantitative estimate of drug-likeness (QED) is 0.587. The Kier molecular flexibility index (Phi) is 4.95. The van der Waals surface area contributed by atoms with Crippen molar-refractivity contribution in [3.63, 3.8) is 0 Å². The fraction of sp³-hybridized carbons (Fsp3) is 0.273. The third-order valence-electron chi connectivity index (χ3n) is 2.19. The first-order chi connectivity index (χ1) is 8.91. The van der Waals surface area contributed by atoms with Crippen LogP contribution in [0.1, 0.15) is 6.92 Å². The predicted octanol–water partition coefficient (Wildman–Crippen LogP) is 1.02. The summed E-state index contributed by atoms with van der Waals surface area (Å²) in [6, 6.07) is 5.62. The molecule has 1 atom stereocenters. The maximum atomic E-state index is 11.5. The van der Waals surface area contributed by atoms with Gasteiger partial charge in [0.15, 0.2) is 6.10 Å². The molecule has 0 aliphatic carbocycles. The van der Waals surface area contributed by atoms with E-state index in [1.165, 1.54) is 31.2 Å². The molecule has 0 aromatic heterocycles. The first kappa shape index (κ1) is 14.6. The van der Waals surface area contributed by atoms with Gasteiger partial charge in [0.25, 0.3) is 11.6 Å². The lowest BCUT2D eigenvalue weighted by Crippen LogP contribution is -2.26. The lowest BCUT2D eigenvalue weighted by molar-refractivity contribution is -0.383. The molecule has 1 aromatic rings. The van der Waals surface area contributed by atoms with Gasteiger partial charge in [0.2, 0.25) is 0 Å². The third kappa shape index (κ3) is 4.36. The van der Waals surface area contributed by atoms with Gasteiger partial charge in [-0.25, -0.2) is 4.79 Å². The van der Waals surface area contributed by atoms with Crippen LogP contribution in [0.5, 0.6) is 0 Å². The van der Waals surface area contributed by atoms with Gasteiger partial charge in [-0.05, 0) is 13.0 Å². The molecule has 0 heterocycles. The molecular formula is C11H12N2O6. The van der Waals surface area contributed by atoms with Crippen molar-refractivity contribution < 1.29 is 24.4 Å². The van der Waals surface area contributed by atoms with Gasteiger partial charge in [-0.1, -0.05) is 12.1 Å². The minimum Gasteiger partial charge on any atom is -0.479 e. The Bertz CT molecular complexity index is 502. The van der Waals surface area contributed by atoms with Gasteiger partial charge in [0, 0.05) is 6.07 Å². The number of nitro groups is 1. The molecule has 1 amide bonds. The summed E-state index contributed by atoms with van der Waals surface area (Å²) >= 11 is 0. The summed E-state index contributed by atoms with van der Waals surface area (Å²) in [7, 11) is 0. The van der Waals surface area contributed by atoms with E-state index in [1.807, 2.05) is 0 Å². The summed E-state index contributed by atoms with van der Waals surface area (Å²) in [6.45, 7) is 0.778. The lowest BCUT2D eigenvalue weighted by atomic mass is 10.2. The highest BCUT2D eigenvalue weighted by molar-refractivity contribution is 5.94. The fourth-order valence-electron chi connectivity index (χ4n) is 1.20. The molecule has 0 saturated heterocycles. The first-order valence-electron chi connectivity index (χ1n) is 5.29. The number of carboxylic acid groups (broad SMARTS) is 1. The summed E-state index contributed by atoms with van der Waals surface area (Å²) < 4.78 is 4.76. The molecular weight excluding hydrogens is 256 g/mol. The van der Waals surface area contributed by atoms with Crippen molar-refractivity contribution in [2.75, 3.05) is 11.9 Å². The Morgan fingerprint density at radius 1 is 1.47 bits per heavy atom. The predicted molar refractivity (Wildman–Crippen MR) is 64.8 cm³/mol. The zero-order chi connectivity index (χ0) is 14.4. The van der Waals surface area contributed by atoms with Gasteiger partial charge in [0.1, 0.15) is 12.3 Å². The SMILES string of the molecule is CC(OCC(=O)Nc1ccccc1[N+](=O)[O-])C(=O)O. The number of carboxylic acids is 1. The van der Waals surface area contributed by atoms with E-state index in [0.29, 0.717) is 0 Å². The van der Waals surface area contributed by atoms with Gasteiger partial charge >= 0.3 is 5.97 Å². The molecule has 1 rings (SSSR count). The molecule has 1 aromatic carbocycles. The minimum absolute atomic E-state index is 0.0316. The Balaban J connectivity index is 2.63. The average Bonchev–Trinajstić information content (AvgIpc) is 2.36. The summed E-state index contributed by atoms with van der Waals surface area (Å²) in [5.74, 6) is -1.86. The molecule has 1 unspecified atom stereocenters. The molecule has 2 N–H and O–H groups in total. The van der Waals surface area contributed by atoms with E-state index in [9.17, 15) is 19.7 Å². The van der Waals surface area contributed by atoms with E-state index in [2.05, 4.69) is 5.32 Å². The van der Waals surface area contributed by atoms with E-state index in [0.717, 1.165) is 0 Å². The van der Waals surface area contributed by atoms with Crippen LogP contribution in [0.4, 0.5) is 11.4 Å². The molecule has 0 fully saturated rings. The number of aliphatic carboxylic acids is 1. The Labute approximate surface area is 108 Å². The van der Waals surface area contributed by atoms with Crippen LogP contribution in [-0.4, -0.2) is 34.6 Å². The Hall–Kier alpha value is -2.48. The number of nitro benzene ring substituents is 1. The molecule has 0 spiro atoms. The second-order valence-corrected chi connectivity index (χ2v) is 3.61. The van der Waals surface area contributed by atoms with Crippen LogP contribution in [0.15, 0.2) is 24.3 Å². The third-order valence-corrected chi connectivity index (χ3v) is 2.19. The highest BCUT2D eigenvalue weighted by atomic mass is 16.6. The van der Waals surface area contributed by atoms with Crippen LogP contribution in [0.3, 0.4) is 0 Å². The van der Waals surface area contributed by atoms with E-state index in [1.54, 1.807) is 0 Å². The number of hydrogen-bond acceptors (Lipinski definition) is 5. The zero-order valence-electron chi connectivity index (χ0n) is 10.0. The van der Waals surface area contributed by atoms with E-state index in [4.69, 9.17) is 9.84 Å². The van der Waals surface area contributed by atoms with Crippen molar-refractivity contribution in [1.82, 2.24) is 0 Å². The van der Waals surface area contributed by atoms with Crippen molar-refractivity contribution in [2.24, 2.45) is 0 Å². The number of carbonyl (C=O) groups is 2. The summed E-state index contributed by atoms with van der Waals surface area (Å²) in [4.78, 5) is 32.0. The standard InChI is InChI=1S/C11H12N2O6/c1-7(11(15)16)19-6-10(14)12-8-4-2-3-5-9(8)13(17)18/h2-5,7H,6H2,1H3,(H,12,14)(H,15,16). The monoisotopic (exact) mass is 268 g/mol. The number of nitrogens with zero attached hydrogens (tertiary/aromatic N) is 1. The number of carbonyl (C=O) groups excluding carboxylic acids is 1. The highest BCUT2D eigenvalue weighted by Gasteiger charge is 2.17. The summed E-state index contributed by atoms with van der Waals surface area (Å²) in [5, 5.41) is 21.5. The molecule has 8 nitrogen and oxygen atoms in total. The van der Waals surface area contributed by atoms with Crippen molar-refractivity contribution >= 4 is 23.3 Å². The van der Waals surface area contributed by atoms with Gasteiger partial charge in [-0.3, -0.25) is 14.9 Å². The number of rotatable bonds is 6. The van der Waals surface area contributed by atoms with E-state index < -0.39 is 29.5 Å². The number of benzene rings is 1. The molecule has 0 bridgehead atoms. The number of anilines is 1. The molecule has 19 heavy (non-hydrogen) atoms. The minimum atomic E-state index is -1.20. The Morgan fingerprint density at radius 2 is 2.11 bits per heavy atom. The normalized spacial score (nSPS) is 11.6. The van der Waals surface area contributed by atoms with Crippen molar-refractivity contribution in [3.8, 4) is 0 Å². The second-order valence-electron chi connectivity index (χ2n) is 3.61. The molecule has 102 valence electrons. The van der Waals surface area contributed by atoms with Crippen LogP contribution >= 0.6 is 0 Å². The van der Waals surface area contributed by atoms with E-state index in [-0.39, 0.29) is 11.4 Å². The smallest absolute Gasteiger partial charge is 0.332 e. The molecule has 0 aliphatic rings. The number of amides is 1. The van der Waals surface area contributed by atoms with Crippen molar-refractivity contribution in [1.29, 1.82) is 0 Å².